The fourth-order valence-electron chi connectivity index (χ4n) is 1.77. The highest BCUT2D eigenvalue weighted by Gasteiger charge is 2.16. The second-order valence-electron chi connectivity index (χ2n) is 4.05. The molecule has 0 aromatic carbocycles. The maximum Gasteiger partial charge on any atom is 0.252 e. The molecule has 1 atom stereocenters. The summed E-state index contributed by atoms with van der Waals surface area (Å²) in [4.78, 5) is 12.7. The lowest BCUT2D eigenvalue weighted by molar-refractivity contribution is 0.0858. The fourth-order valence-corrected chi connectivity index (χ4v) is 2.53. The van der Waals surface area contributed by atoms with Crippen molar-refractivity contribution in [3.05, 3.63) is 21.9 Å². The molecule has 2 heterocycles. The molecule has 4 nitrogen and oxygen atoms in total. The van der Waals surface area contributed by atoms with E-state index in [1.165, 1.54) is 11.3 Å². The van der Waals surface area contributed by atoms with E-state index < -0.39 is 0 Å². The van der Waals surface area contributed by atoms with Gasteiger partial charge < -0.3 is 15.8 Å². The molecule has 5 heteroatoms. The first-order chi connectivity index (χ1) is 8.79. The van der Waals surface area contributed by atoms with E-state index in [0.29, 0.717) is 18.7 Å². The lowest BCUT2D eigenvalue weighted by atomic mass is 10.2. The van der Waals surface area contributed by atoms with Crippen molar-refractivity contribution in [1.29, 1.82) is 0 Å². The molecule has 1 amide bonds. The molecule has 0 aliphatic carbocycles. The summed E-state index contributed by atoms with van der Waals surface area (Å²) in [6.45, 7) is 1.72. The molecule has 0 spiro atoms. The molecule has 1 aromatic heterocycles. The van der Waals surface area contributed by atoms with Crippen LogP contribution in [0.5, 0.6) is 0 Å². The molecule has 1 aromatic rings. The quantitative estimate of drug-likeness (QED) is 0.800. The second-order valence-corrected chi connectivity index (χ2v) is 4.96. The molecule has 1 saturated heterocycles. The van der Waals surface area contributed by atoms with Crippen LogP contribution in [0.4, 0.5) is 0 Å². The number of nitrogens with one attached hydrogen (secondary N) is 1. The van der Waals surface area contributed by atoms with Crippen molar-refractivity contribution >= 4 is 17.2 Å². The third-order valence-electron chi connectivity index (χ3n) is 2.69. The highest BCUT2D eigenvalue weighted by Crippen LogP contribution is 2.14. The molecular formula is C13H16N2O2S. The van der Waals surface area contributed by atoms with Gasteiger partial charge in [0.1, 0.15) is 0 Å². The molecule has 0 radical (unpaired) electrons. The lowest BCUT2D eigenvalue weighted by Gasteiger charge is -2.09. The molecule has 1 fully saturated rings. The summed E-state index contributed by atoms with van der Waals surface area (Å²) >= 11 is 1.45. The van der Waals surface area contributed by atoms with E-state index in [1.54, 1.807) is 6.07 Å². The van der Waals surface area contributed by atoms with Gasteiger partial charge in [-0.1, -0.05) is 11.8 Å². The number of amides is 1. The molecule has 1 aliphatic heterocycles. The zero-order chi connectivity index (χ0) is 12.8. The summed E-state index contributed by atoms with van der Waals surface area (Å²) in [5.74, 6) is 5.62. The van der Waals surface area contributed by atoms with Crippen LogP contribution in [-0.4, -0.2) is 31.7 Å². The van der Waals surface area contributed by atoms with Gasteiger partial charge in [0, 0.05) is 18.5 Å². The van der Waals surface area contributed by atoms with E-state index in [0.717, 1.165) is 24.3 Å². The topological polar surface area (TPSA) is 64.4 Å². The molecule has 96 valence electrons. The van der Waals surface area contributed by atoms with Gasteiger partial charge in [0.25, 0.3) is 5.91 Å². The van der Waals surface area contributed by atoms with Crippen LogP contribution in [0.3, 0.4) is 0 Å². The van der Waals surface area contributed by atoms with Crippen molar-refractivity contribution in [2.45, 2.75) is 18.9 Å². The summed E-state index contributed by atoms with van der Waals surface area (Å²) in [6.07, 6.45) is 2.28. The first-order valence-corrected chi connectivity index (χ1v) is 6.85. The zero-order valence-corrected chi connectivity index (χ0v) is 10.9. The van der Waals surface area contributed by atoms with Gasteiger partial charge in [0.15, 0.2) is 0 Å². The average molecular weight is 264 g/mol. The van der Waals surface area contributed by atoms with Crippen LogP contribution in [-0.2, 0) is 4.74 Å². The molecular weight excluding hydrogens is 248 g/mol. The highest BCUT2D eigenvalue weighted by atomic mass is 32.1. The molecule has 2 rings (SSSR count). The Morgan fingerprint density at radius 3 is 3.28 bits per heavy atom. The number of ether oxygens (including phenoxy) is 1. The predicted molar refractivity (Wildman–Crippen MR) is 71.6 cm³/mol. The fraction of sp³-hybridized carbons (Fsp3) is 0.462. The summed E-state index contributed by atoms with van der Waals surface area (Å²) in [5, 5.41) is 4.69. The van der Waals surface area contributed by atoms with Gasteiger partial charge in [-0.2, -0.15) is 0 Å². The maximum absolute atomic E-state index is 11.9. The van der Waals surface area contributed by atoms with Crippen molar-refractivity contribution in [2.75, 3.05) is 19.7 Å². The minimum Gasteiger partial charge on any atom is -0.376 e. The van der Waals surface area contributed by atoms with E-state index in [1.807, 2.05) is 5.38 Å². The number of hydrogen-bond acceptors (Lipinski definition) is 4. The Balaban J connectivity index is 1.86. The number of carbonyl (C=O) groups is 1. The summed E-state index contributed by atoms with van der Waals surface area (Å²) in [7, 11) is 0. The van der Waals surface area contributed by atoms with Gasteiger partial charge in [0.05, 0.1) is 23.1 Å². The lowest BCUT2D eigenvalue weighted by Crippen LogP contribution is -2.31. The number of rotatable bonds is 3. The largest absolute Gasteiger partial charge is 0.376 e. The Morgan fingerprint density at radius 2 is 2.56 bits per heavy atom. The molecule has 1 unspecified atom stereocenters. The van der Waals surface area contributed by atoms with Crippen molar-refractivity contribution < 1.29 is 9.53 Å². The van der Waals surface area contributed by atoms with E-state index in [2.05, 4.69) is 17.2 Å². The van der Waals surface area contributed by atoms with Crippen LogP contribution in [0.25, 0.3) is 0 Å². The third kappa shape index (κ3) is 3.57. The maximum atomic E-state index is 11.9. The van der Waals surface area contributed by atoms with Gasteiger partial charge >= 0.3 is 0 Å². The van der Waals surface area contributed by atoms with Gasteiger partial charge in [0.2, 0.25) is 0 Å². The van der Waals surface area contributed by atoms with Crippen molar-refractivity contribution in [2.24, 2.45) is 5.73 Å². The highest BCUT2D eigenvalue weighted by molar-refractivity contribution is 7.10. The predicted octanol–water partition coefficient (Wildman–Crippen LogP) is 0.967. The normalized spacial score (nSPS) is 18.2. The summed E-state index contributed by atoms with van der Waals surface area (Å²) in [5.41, 5.74) is 5.95. The van der Waals surface area contributed by atoms with Gasteiger partial charge in [-0.15, -0.1) is 11.3 Å². The molecule has 18 heavy (non-hydrogen) atoms. The minimum atomic E-state index is -0.0671. The second kappa shape index (κ2) is 6.55. The molecule has 1 aliphatic rings. The van der Waals surface area contributed by atoms with Crippen molar-refractivity contribution in [3.8, 4) is 11.8 Å². The van der Waals surface area contributed by atoms with Crippen LogP contribution in [0.2, 0.25) is 0 Å². The number of carbonyl (C=O) groups excluding carboxylic acids is 1. The number of thiophene rings is 1. The van der Waals surface area contributed by atoms with Crippen molar-refractivity contribution in [1.82, 2.24) is 5.32 Å². The van der Waals surface area contributed by atoms with Crippen LogP contribution >= 0.6 is 11.3 Å². The first-order valence-electron chi connectivity index (χ1n) is 5.97. The van der Waals surface area contributed by atoms with E-state index >= 15 is 0 Å². The Kier molecular flexibility index (Phi) is 4.76. The summed E-state index contributed by atoms with van der Waals surface area (Å²) in [6, 6.07) is 1.79. The van der Waals surface area contributed by atoms with E-state index in [9.17, 15) is 4.79 Å². The Bertz CT molecular complexity index is 467. The number of hydrogen-bond donors (Lipinski definition) is 2. The first kappa shape index (κ1) is 13.1. The van der Waals surface area contributed by atoms with Crippen LogP contribution < -0.4 is 11.1 Å². The van der Waals surface area contributed by atoms with E-state index in [4.69, 9.17) is 10.5 Å². The smallest absolute Gasteiger partial charge is 0.252 e. The van der Waals surface area contributed by atoms with Gasteiger partial charge in [-0.25, -0.2) is 0 Å². The standard InChI is InChI=1S/C13H16N2O2S/c14-5-1-4-12-7-10(9-18-12)13(16)15-8-11-3-2-6-17-11/h7,9,11H,2-3,5-6,8,14H2,(H,15,16). The summed E-state index contributed by atoms with van der Waals surface area (Å²) < 4.78 is 5.45. The third-order valence-corrected chi connectivity index (χ3v) is 3.54. The van der Waals surface area contributed by atoms with E-state index in [-0.39, 0.29) is 12.0 Å². The minimum absolute atomic E-state index is 0.0671. The van der Waals surface area contributed by atoms with Gasteiger partial charge in [-0.05, 0) is 18.9 Å². The Morgan fingerprint density at radius 1 is 1.67 bits per heavy atom. The van der Waals surface area contributed by atoms with Crippen molar-refractivity contribution in [3.63, 3.8) is 0 Å². The van der Waals surface area contributed by atoms with Gasteiger partial charge in [-0.3, -0.25) is 4.79 Å². The molecule has 0 bridgehead atoms. The van der Waals surface area contributed by atoms with Crippen LogP contribution in [0.15, 0.2) is 11.4 Å². The Labute approximate surface area is 111 Å². The molecule has 3 N–H and O–H groups in total. The SMILES string of the molecule is NCC#Cc1cc(C(=O)NCC2CCCO2)cs1. The Hall–Kier alpha value is -1.35. The monoisotopic (exact) mass is 264 g/mol. The molecule has 0 saturated carbocycles. The number of nitrogens with two attached hydrogens (primary N) is 1. The zero-order valence-electron chi connectivity index (χ0n) is 10.1. The van der Waals surface area contributed by atoms with Crippen LogP contribution in [0.1, 0.15) is 28.1 Å². The van der Waals surface area contributed by atoms with Crippen LogP contribution in [0, 0.1) is 11.8 Å². The average Bonchev–Trinajstić information content (AvgIpc) is 3.04.